The van der Waals surface area contributed by atoms with Crippen LogP contribution in [0.1, 0.15) is 43.5 Å². The predicted octanol–water partition coefficient (Wildman–Crippen LogP) is 2.18. The molecule has 2 saturated heterocycles. The van der Waals surface area contributed by atoms with Gasteiger partial charge >= 0.3 is 0 Å². The maximum Gasteiger partial charge on any atom is 0.144 e. The van der Waals surface area contributed by atoms with Crippen LogP contribution in [0.3, 0.4) is 0 Å². The lowest BCUT2D eigenvalue weighted by Gasteiger charge is -2.43. The summed E-state index contributed by atoms with van der Waals surface area (Å²) in [6.45, 7) is 1.60. The summed E-state index contributed by atoms with van der Waals surface area (Å²) in [5.74, 6) is -0.355. The van der Waals surface area contributed by atoms with Gasteiger partial charge in [-0.05, 0) is 44.7 Å². The summed E-state index contributed by atoms with van der Waals surface area (Å²) >= 11 is 0. The Morgan fingerprint density at radius 3 is 2.58 bits per heavy atom. The van der Waals surface area contributed by atoms with E-state index in [-0.39, 0.29) is 16.3 Å². The van der Waals surface area contributed by atoms with Gasteiger partial charge in [0, 0.05) is 21.3 Å². The van der Waals surface area contributed by atoms with Gasteiger partial charge in [0.2, 0.25) is 0 Å². The third-order valence-corrected chi connectivity index (χ3v) is 6.46. The lowest BCUT2D eigenvalue weighted by molar-refractivity contribution is 0.00226. The minimum Gasteiger partial charge on any atom is -0.383 e. The Morgan fingerprint density at radius 2 is 2.00 bits per heavy atom. The summed E-state index contributed by atoms with van der Waals surface area (Å²) in [5, 5.41) is 11.0. The van der Waals surface area contributed by atoms with E-state index in [0.29, 0.717) is 24.2 Å². The number of hydrogen-bond donors (Lipinski definition) is 1. The Morgan fingerprint density at radius 1 is 1.37 bits per heavy atom. The molecular weight excluding hydrogens is 265 g/mol. The number of pyridine rings is 1. The number of aromatic nitrogens is 1. The van der Waals surface area contributed by atoms with E-state index in [4.69, 9.17) is 0 Å². The van der Waals surface area contributed by atoms with Crippen LogP contribution in [0.2, 0.25) is 0 Å². The van der Waals surface area contributed by atoms with Crippen LogP contribution in [0.4, 0.5) is 4.39 Å². The van der Waals surface area contributed by atoms with E-state index in [1.54, 1.807) is 13.0 Å². The molecule has 1 N–H and O–H groups in total. The molecule has 3 rings (SSSR count). The molecule has 2 unspecified atom stereocenters. The molecule has 0 aromatic carbocycles. The monoisotopic (exact) mass is 283 g/mol. The second-order valence-electron chi connectivity index (χ2n) is 5.71. The van der Waals surface area contributed by atoms with E-state index < -0.39 is 16.4 Å². The molecule has 104 valence electrons. The molecular formula is C14H18FNO2S. The fourth-order valence-corrected chi connectivity index (χ4v) is 5.52. The van der Waals surface area contributed by atoms with Gasteiger partial charge in [-0.2, -0.15) is 0 Å². The first-order chi connectivity index (χ1) is 8.99. The van der Waals surface area contributed by atoms with Crippen LogP contribution < -0.4 is 0 Å². The first-order valence-corrected chi connectivity index (χ1v) is 8.02. The van der Waals surface area contributed by atoms with Crippen LogP contribution in [0.25, 0.3) is 0 Å². The van der Waals surface area contributed by atoms with Gasteiger partial charge in [-0.3, -0.25) is 9.19 Å². The molecule has 3 nitrogen and oxygen atoms in total. The van der Waals surface area contributed by atoms with Crippen LogP contribution in [-0.2, 0) is 16.4 Å². The van der Waals surface area contributed by atoms with Crippen LogP contribution in [0.5, 0.6) is 0 Å². The number of fused-ring (bicyclic) bond motifs is 2. The summed E-state index contributed by atoms with van der Waals surface area (Å²) in [6, 6.07) is 2.92. The number of rotatable bonds is 1. The summed E-state index contributed by atoms with van der Waals surface area (Å²) in [4.78, 5) is 4.20. The molecule has 19 heavy (non-hydrogen) atoms. The van der Waals surface area contributed by atoms with E-state index in [0.717, 1.165) is 19.3 Å². The topological polar surface area (TPSA) is 50.2 Å². The van der Waals surface area contributed by atoms with Gasteiger partial charge in [0.05, 0.1) is 11.4 Å². The van der Waals surface area contributed by atoms with Crippen molar-refractivity contribution in [2.24, 2.45) is 0 Å². The number of hydrogen-bond acceptors (Lipinski definition) is 3. The molecule has 2 aliphatic rings. The summed E-state index contributed by atoms with van der Waals surface area (Å²) in [6.07, 6.45) is 3.87. The van der Waals surface area contributed by atoms with E-state index in [9.17, 15) is 13.7 Å². The van der Waals surface area contributed by atoms with Crippen LogP contribution in [0, 0.1) is 12.7 Å². The van der Waals surface area contributed by atoms with E-state index in [1.165, 1.54) is 6.07 Å². The van der Waals surface area contributed by atoms with Crippen LogP contribution in [0.15, 0.2) is 12.1 Å². The molecule has 0 aliphatic carbocycles. The van der Waals surface area contributed by atoms with Gasteiger partial charge in [-0.25, -0.2) is 4.39 Å². The third kappa shape index (κ3) is 2.23. The van der Waals surface area contributed by atoms with E-state index >= 15 is 0 Å². The lowest BCUT2D eigenvalue weighted by Crippen LogP contribution is -2.47. The Labute approximate surface area is 114 Å². The zero-order valence-corrected chi connectivity index (χ0v) is 11.8. The fourth-order valence-electron chi connectivity index (χ4n) is 3.30. The molecule has 0 spiro atoms. The molecule has 2 atom stereocenters. The number of aliphatic hydroxyl groups is 1. The Hall–Kier alpha value is -0.810. The minimum atomic E-state index is -1.04. The smallest absolute Gasteiger partial charge is 0.144 e. The molecule has 0 saturated carbocycles. The summed E-state index contributed by atoms with van der Waals surface area (Å²) in [7, 11) is -0.828. The third-order valence-electron chi connectivity index (χ3n) is 4.34. The maximum atomic E-state index is 13.3. The number of halogens is 1. The molecule has 5 heteroatoms. The van der Waals surface area contributed by atoms with Crippen molar-refractivity contribution in [3.63, 3.8) is 0 Å². The highest BCUT2D eigenvalue weighted by atomic mass is 32.2. The van der Waals surface area contributed by atoms with Crippen molar-refractivity contribution in [1.29, 1.82) is 0 Å². The van der Waals surface area contributed by atoms with Crippen molar-refractivity contribution in [3.05, 3.63) is 29.3 Å². The Balaban J connectivity index is 1.95. The maximum absolute atomic E-state index is 13.3. The van der Waals surface area contributed by atoms with E-state index in [2.05, 4.69) is 4.98 Å². The van der Waals surface area contributed by atoms with Crippen molar-refractivity contribution in [2.45, 2.75) is 55.1 Å². The minimum absolute atomic E-state index is 0.0599. The number of nitrogens with zero attached hydrogens (tertiary/aromatic N) is 1. The second-order valence-corrected chi connectivity index (χ2v) is 7.70. The second kappa shape index (κ2) is 4.63. The highest BCUT2D eigenvalue weighted by molar-refractivity contribution is 7.86. The van der Waals surface area contributed by atoms with Gasteiger partial charge in [-0.1, -0.05) is 6.42 Å². The van der Waals surface area contributed by atoms with Crippen LogP contribution >= 0.6 is 0 Å². The standard InChI is InChI=1S/C14H18FNO2S/c1-9-12(15)5-6-13(16-9)14(17)7-10-3-2-4-11(8-14)19(10)18/h5-6,10-11,17H,2-4,7-8H2,1H3. The van der Waals surface area contributed by atoms with Gasteiger partial charge in [-0.15, -0.1) is 0 Å². The predicted molar refractivity (Wildman–Crippen MR) is 71.6 cm³/mol. The Bertz CT molecular complexity index is 518. The molecule has 1 aromatic rings. The van der Waals surface area contributed by atoms with Gasteiger partial charge < -0.3 is 5.11 Å². The normalized spacial score (nSPS) is 38.2. The van der Waals surface area contributed by atoms with Crippen molar-refractivity contribution in [3.8, 4) is 0 Å². The van der Waals surface area contributed by atoms with Crippen molar-refractivity contribution < 1.29 is 13.7 Å². The quantitative estimate of drug-likeness (QED) is 0.859. The highest BCUT2D eigenvalue weighted by Crippen LogP contribution is 2.43. The molecule has 2 bridgehead atoms. The number of aryl methyl sites for hydroxylation is 1. The molecule has 1 aromatic heterocycles. The fraction of sp³-hybridized carbons (Fsp3) is 0.643. The molecule has 0 radical (unpaired) electrons. The van der Waals surface area contributed by atoms with Crippen LogP contribution in [-0.4, -0.2) is 24.8 Å². The Kier molecular flexibility index (Phi) is 3.21. The largest absolute Gasteiger partial charge is 0.383 e. The summed E-state index contributed by atoms with van der Waals surface area (Å²) in [5.41, 5.74) is -0.204. The molecule has 2 fully saturated rings. The highest BCUT2D eigenvalue weighted by Gasteiger charge is 2.47. The molecule has 0 amide bonds. The van der Waals surface area contributed by atoms with Gasteiger partial charge in [0.25, 0.3) is 0 Å². The zero-order valence-electron chi connectivity index (χ0n) is 10.9. The molecule has 2 aliphatic heterocycles. The van der Waals surface area contributed by atoms with E-state index in [1.807, 2.05) is 0 Å². The van der Waals surface area contributed by atoms with Crippen molar-refractivity contribution in [1.82, 2.24) is 4.98 Å². The van der Waals surface area contributed by atoms with Crippen molar-refractivity contribution in [2.75, 3.05) is 0 Å². The average molecular weight is 283 g/mol. The first-order valence-electron chi connectivity index (χ1n) is 6.75. The summed E-state index contributed by atoms with van der Waals surface area (Å²) < 4.78 is 25.5. The lowest BCUT2D eigenvalue weighted by atomic mass is 9.83. The van der Waals surface area contributed by atoms with Gasteiger partial charge in [0.15, 0.2) is 0 Å². The molecule has 3 heterocycles. The first kappa shape index (κ1) is 13.2. The van der Waals surface area contributed by atoms with Crippen molar-refractivity contribution >= 4 is 10.8 Å². The zero-order chi connectivity index (χ0) is 13.6. The van der Waals surface area contributed by atoms with Gasteiger partial charge in [0.1, 0.15) is 11.4 Å². The SMILES string of the molecule is Cc1nc(C2(O)CC3CCCC(C2)S3=O)ccc1F. The average Bonchev–Trinajstić information content (AvgIpc) is 2.35.